The number of carboxylic acids is 1. The zero-order chi connectivity index (χ0) is 11.5. The molecule has 0 aliphatic rings. The number of aliphatic carboxylic acids is 1. The SMILES string of the molecule is O=C(O)CCNc1c(Cl)ccc2nsnc12. The third-order valence-electron chi connectivity index (χ3n) is 2.02. The van der Waals surface area contributed by atoms with Gasteiger partial charge in [-0.15, -0.1) is 0 Å². The summed E-state index contributed by atoms with van der Waals surface area (Å²) in [5, 5.41) is 12.0. The van der Waals surface area contributed by atoms with Crippen molar-refractivity contribution >= 4 is 46.0 Å². The van der Waals surface area contributed by atoms with E-state index in [1.54, 1.807) is 12.1 Å². The summed E-state index contributed by atoms with van der Waals surface area (Å²) < 4.78 is 8.19. The summed E-state index contributed by atoms with van der Waals surface area (Å²) in [5.74, 6) is -0.854. The number of hydrogen-bond donors (Lipinski definition) is 2. The highest BCUT2D eigenvalue weighted by molar-refractivity contribution is 7.00. The lowest BCUT2D eigenvalue weighted by molar-refractivity contribution is -0.136. The van der Waals surface area contributed by atoms with Crippen LogP contribution in [0.3, 0.4) is 0 Å². The third kappa shape index (κ3) is 2.23. The predicted molar refractivity (Wildman–Crippen MR) is 63.2 cm³/mol. The smallest absolute Gasteiger partial charge is 0.305 e. The highest BCUT2D eigenvalue weighted by Crippen LogP contribution is 2.29. The van der Waals surface area contributed by atoms with E-state index >= 15 is 0 Å². The topological polar surface area (TPSA) is 75.1 Å². The second kappa shape index (κ2) is 4.63. The predicted octanol–water partition coefficient (Wildman–Crippen LogP) is 2.23. The fourth-order valence-electron chi connectivity index (χ4n) is 1.29. The number of nitrogens with zero attached hydrogens (tertiary/aromatic N) is 2. The van der Waals surface area contributed by atoms with Gasteiger partial charge >= 0.3 is 5.97 Å². The molecule has 0 amide bonds. The Morgan fingerprint density at radius 2 is 2.31 bits per heavy atom. The van der Waals surface area contributed by atoms with E-state index in [4.69, 9.17) is 16.7 Å². The molecular weight excluding hydrogens is 250 g/mol. The number of aromatic nitrogens is 2. The number of nitrogens with one attached hydrogen (secondary N) is 1. The first-order chi connectivity index (χ1) is 7.68. The molecule has 0 spiro atoms. The van der Waals surface area contributed by atoms with Gasteiger partial charge in [0.25, 0.3) is 0 Å². The van der Waals surface area contributed by atoms with Crippen molar-refractivity contribution in [2.24, 2.45) is 0 Å². The van der Waals surface area contributed by atoms with Gasteiger partial charge < -0.3 is 10.4 Å². The van der Waals surface area contributed by atoms with Crippen LogP contribution in [0.2, 0.25) is 5.02 Å². The second-order valence-corrected chi connectivity index (χ2v) is 4.06. The number of carboxylic acid groups (broad SMARTS) is 1. The molecule has 0 saturated heterocycles. The van der Waals surface area contributed by atoms with E-state index < -0.39 is 5.97 Å². The maximum absolute atomic E-state index is 10.4. The fraction of sp³-hybridized carbons (Fsp3) is 0.222. The lowest BCUT2D eigenvalue weighted by Gasteiger charge is -2.06. The molecule has 84 valence electrons. The molecule has 2 N–H and O–H groups in total. The van der Waals surface area contributed by atoms with Crippen molar-refractivity contribution in [1.29, 1.82) is 0 Å². The first kappa shape index (κ1) is 11.1. The van der Waals surface area contributed by atoms with E-state index in [9.17, 15) is 4.79 Å². The number of rotatable bonds is 4. The van der Waals surface area contributed by atoms with Gasteiger partial charge in [0.05, 0.1) is 28.9 Å². The van der Waals surface area contributed by atoms with Crippen molar-refractivity contribution in [3.8, 4) is 0 Å². The molecule has 0 bridgehead atoms. The van der Waals surface area contributed by atoms with Gasteiger partial charge in [-0.05, 0) is 12.1 Å². The zero-order valence-corrected chi connectivity index (χ0v) is 9.68. The van der Waals surface area contributed by atoms with E-state index in [-0.39, 0.29) is 6.42 Å². The van der Waals surface area contributed by atoms with Crippen LogP contribution in [0.4, 0.5) is 5.69 Å². The maximum atomic E-state index is 10.4. The monoisotopic (exact) mass is 257 g/mol. The van der Waals surface area contributed by atoms with Gasteiger partial charge in [-0.1, -0.05) is 11.6 Å². The molecule has 0 saturated carbocycles. The Hall–Kier alpha value is -1.40. The summed E-state index contributed by atoms with van der Waals surface area (Å²) in [5.41, 5.74) is 2.09. The lowest BCUT2D eigenvalue weighted by Crippen LogP contribution is -2.08. The molecule has 0 unspecified atom stereocenters. The second-order valence-electron chi connectivity index (χ2n) is 3.12. The number of carbonyl (C=O) groups is 1. The summed E-state index contributed by atoms with van der Waals surface area (Å²) in [6.45, 7) is 0.311. The molecule has 0 radical (unpaired) electrons. The minimum Gasteiger partial charge on any atom is -0.481 e. The van der Waals surface area contributed by atoms with Crippen LogP contribution in [-0.2, 0) is 4.79 Å². The first-order valence-electron chi connectivity index (χ1n) is 4.55. The van der Waals surface area contributed by atoms with Crippen LogP contribution in [0.1, 0.15) is 6.42 Å². The van der Waals surface area contributed by atoms with E-state index in [2.05, 4.69) is 14.1 Å². The Kier molecular flexibility index (Phi) is 3.21. The van der Waals surface area contributed by atoms with Crippen molar-refractivity contribution in [3.63, 3.8) is 0 Å². The van der Waals surface area contributed by atoms with Gasteiger partial charge in [0.2, 0.25) is 0 Å². The summed E-state index contributed by atoms with van der Waals surface area (Å²) in [4.78, 5) is 10.4. The molecule has 7 heteroatoms. The van der Waals surface area contributed by atoms with E-state index in [1.807, 2.05) is 0 Å². The standard InChI is InChI=1S/C9H8ClN3O2S/c10-5-1-2-6-9(13-16-12-6)8(5)11-4-3-7(14)15/h1-2,11H,3-4H2,(H,14,15). The minimum atomic E-state index is -0.854. The van der Waals surface area contributed by atoms with E-state index in [1.165, 1.54) is 0 Å². The highest BCUT2D eigenvalue weighted by atomic mass is 35.5. The summed E-state index contributed by atoms with van der Waals surface area (Å²) in [6, 6.07) is 3.50. The Balaban J connectivity index is 2.24. The summed E-state index contributed by atoms with van der Waals surface area (Å²) >= 11 is 7.10. The molecule has 1 heterocycles. The number of hydrogen-bond acceptors (Lipinski definition) is 5. The Morgan fingerprint density at radius 1 is 1.50 bits per heavy atom. The van der Waals surface area contributed by atoms with Crippen molar-refractivity contribution in [3.05, 3.63) is 17.2 Å². The normalized spacial score (nSPS) is 10.6. The fourth-order valence-corrected chi connectivity index (χ4v) is 2.05. The number of halogens is 1. The quantitative estimate of drug-likeness (QED) is 0.879. The maximum Gasteiger partial charge on any atom is 0.305 e. The molecule has 2 aromatic rings. The van der Waals surface area contributed by atoms with Crippen LogP contribution >= 0.6 is 23.3 Å². The van der Waals surface area contributed by atoms with Crippen LogP contribution in [-0.4, -0.2) is 26.4 Å². The molecule has 2 rings (SSSR count). The van der Waals surface area contributed by atoms with Crippen LogP contribution < -0.4 is 5.32 Å². The van der Waals surface area contributed by atoms with Crippen molar-refractivity contribution in [2.75, 3.05) is 11.9 Å². The van der Waals surface area contributed by atoms with Gasteiger partial charge in [-0.2, -0.15) is 8.75 Å². The molecule has 0 fully saturated rings. The average Bonchev–Trinajstić information content (AvgIpc) is 2.69. The molecule has 0 atom stereocenters. The largest absolute Gasteiger partial charge is 0.481 e. The zero-order valence-electron chi connectivity index (χ0n) is 8.11. The van der Waals surface area contributed by atoms with E-state index in [0.717, 1.165) is 17.2 Å². The lowest BCUT2D eigenvalue weighted by atomic mass is 10.2. The Bertz CT molecular complexity index is 528. The first-order valence-corrected chi connectivity index (χ1v) is 5.66. The number of fused-ring (bicyclic) bond motifs is 1. The number of benzene rings is 1. The van der Waals surface area contributed by atoms with Crippen molar-refractivity contribution in [2.45, 2.75) is 6.42 Å². The summed E-state index contributed by atoms with van der Waals surface area (Å²) in [6.07, 6.45) is 0.0320. The van der Waals surface area contributed by atoms with Crippen molar-refractivity contribution < 1.29 is 9.90 Å². The Morgan fingerprint density at radius 3 is 3.06 bits per heavy atom. The van der Waals surface area contributed by atoms with Crippen LogP contribution in [0.25, 0.3) is 11.0 Å². The summed E-state index contributed by atoms with van der Waals surface area (Å²) in [7, 11) is 0. The molecule has 1 aromatic heterocycles. The van der Waals surface area contributed by atoms with Gasteiger partial charge in [0, 0.05) is 6.54 Å². The molecule has 0 aliphatic carbocycles. The molecule has 1 aromatic carbocycles. The van der Waals surface area contributed by atoms with Crippen LogP contribution in [0, 0.1) is 0 Å². The molecule has 16 heavy (non-hydrogen) atoms. The Labute approximate surface area is 100 Å². The van der Waals surface area contributed by atoms with E-state index in [0.29, 0.717) is 22.8 Å². The van der Waals surface area contributed by atoms with Crippen LogP contribution in [0.15, 0.2) is 12.1 Å². The van der Waals surface area contributed by atoms with Gasteiger partial charge in [-0.25, -0.2) is 0 Å². The van der Waals surface area contributed by atoms with Gasteiger partial charge in [0.15, 0.2) is 0 Å². The molecular formula is C9H8ClN3O2S. The van der Waals surface area contributed by atoms with Crippen LogP contribution in [0.5, 0.6) is 0 Å². The van der Waals surface area contributed by atoms with Gasteiger partial charge in [0.1, 0.15) is 11.0 Å². The van der Waals surface area contributed by atoms with Crippen molar-refractivity contribution in [1.82, 2.24) is 8.75 Å². The average molecular weight is 258 g/mol. The third-order valence-corrected chi connectivity index (χ3v) is 2.88. The molecule has 0 aliphatic heterocycles. The molecule has 5 nitrogen and oxygen atoms in total. The van der Waals surface area contributed by atoms with Gasteiger partial charge in [-0.3, -0.25) is 4.79 Å². The number of anilines is 1. The minimum absolute atomic E-state index is 0.0320. The highest BCUT2D eigenvalue weighted by Gasteiger charge is 2.09.